The molecule has 2 saturated carbocycles. The number of carbonyl (C=O) groups excluding carboxylic acids is 5. The number of esters is 4. The van der Waals surface area contributed by atoms with Crippen LogP contribution in [0.5, 0.6) is 0 Å². The first-order valence-corrected chi connectivity index (χ1v) is 15.6. The van der Waals surface area contributed by atoms with E-state index in [1.54, 1.807) is 40.7 Å². The van der Waals surface area contributed by atoms with E-state index in [0.717, 1.165) is 0 Å². The molecule has 2 aliphatic carbocycles. The summed E-state index contributed by atoms with van der Waals surface area (Å²) in [4.78, 5) is 65.3. The maximum atomic E-state index is 14.0. The number of ketones is 1. The molecule has 2 aliphatic heterocycles. The summed E-state index contributed by atoms with van der Waals surface area (Å²) in [5.41, 5.74) is -1.15. The zero-order valence-corrected chi connectivity index (χ0v) is 27.2. The van der Waals surface area contributed by atoms with Crippen molar-refractivity contribution in [2.24, 2.45) is 29.6 Å². The second-order valence-corrected chi connectivity index (χ2v) is 12.9. The van der Waals surface area contributed by atoms with Crippen molar-refractivity contribution in [2.75, 3.05) is 13.2 Å². The van der Waals surface area contributed by atoms with E-state index in [1.165, 1.54) is 13.0 Å². The molecule has 0 aromatic heterocycles. The highest BCUT2D eigenvalue weighted by atomic mass is 16.7. The summed E-state index contributed by atoms with van der Waals surface area (Å²) in [6, 6.07) is 0. The Balaban J connectivity index is 1.81. The van der Waals surface area contributed by atoms with Gasteiger partial charge >= 0.3 is 23.9 Å². The quantitative estimate of drug-likeness (QED) is 0.145. The second kappa shape index (κ2) is 12.7. The lowest BCUT2D eigenvalue weighted by molar-refractivity contribution is -0.207. The Morgan fingerprint density at radius 3 is 1.98 bits per heavy atom. The molecule has 244 valence electrons. The number of ether oxygens (including phenoxy) is 6. The molecular formula is C33H46O11. The summed E-state index contributed by atoms with van der Waals surface area (Å²) in [7, 11) is 0. The van der Waals surface area contributed by atoms with Crippen LogP contribution in [0.2, 0.25) is 0 Å². The van der Waals surface area contributed by atoms with Crippen LogP contribution in [0.4, 0.5) is 0 Å². The zero-order chi connectivity index (χ0) is 32.7. The topological polar surface area (TPSA) is 147 Å². The van der Waals surface area contributed by atoms with Gasteiger partial charge in [0.2, 0.25) is 0 Å². The highest BCUT2D eigenvalue weighted by Crippen LogP contribution is 2.63. The molecular weight excluding hydrogens is 572 g/mol. The molecule has 11 atom stereocenters. The van der Waals surface area contributed by atoms with E-state index >= 15 is 0 Å². The van der Waals surface area contributed by atoms with Gasteiger partial charge in [0.1, 0.15) is 17.8 Å². The van der Waals surface area contributed by atoms with Crippen molar-refractivity contribution in [1.82, 2.24) is 0 Å². The highest BCUT2D eigenvalue weighted by Gasteiger charge is 2.78. The molecule has 4 fully saturated rings. The number of carbonyl (C=O) groups is 5. The maximum Gasteiger partial charge on any atom is 0.331 e. The predicted octanol–water partition coefficient (Wildman–Crippen LogP) is 3.66. The van der Waals surface area contributed by atoms with Gasteiger partial charge in [0.05, 0.1) is 30.7 Å². The van der Waals surface area contributed by atoms with Gasteiger partial charge in [0.25, 0.3) is 0 Å². The first kappa shape index (κ1) is 33.8. The first-order chi connectivity index (χ1) is 20.6. The molecule has 0 bridgehead atoms. The van der Waals surface area contributed by atoms with Gasteiger partial charge in [0, 0.05) is 30.8 Å². The molecule has 0 radical (unpaired) electrons. The molecule has 11 heteroatoms. The Kier molecular flexibility index (Phi) is 9.80. The molecule has 0 N–H and O–H groups in total. The SMILES string of the molecule is C/C=C1\C(=O)[C@@H](OC(=O)[C@H](C)CC)[C@@H]2[C@@H]1[C@H]([C@@]1(C)CO1)[C@@H](OC(=O)/C=C(\C)[C@H](C)OC(C)=O)[C@@H](OC(=O)[C@H](C)CC)[C@]21CO1. The van der Waals surface area contributed by atoms with E-state index in [0.29, 0.717) is 30.6 Å². The predicted molar refractivity (Wildman–Crippen MR) is 156 cm³/mol. The average molecular weight is 619 g/mol. The number of fused-ring (bicyclic) bond motifs is 2. The summed E-state index contributed by atoms with van der Waals surface area (Å²) >= 11 is 0. The smallest absolute Gasteiger partial charge is 0.331 e. The maximum absolute atomic E-state index is 14.0. The molecule has 0 amide bonds. The number of hydrogen-bond donors (Lipinski definition) is 0. The second-order valence-electron chi connectivity index (χ2n) is 12.9. The lowest BCUT2D eigenvalue weighted by atomic mass is 9.60. The fourth-order valence-corrected chi connectivity index (χ4v) is 6.58. The van der Waals surface area contributed by atoms with Crippen LogP contribution in [0.25, 0.3) is 0 Å². The number of allylic oxidation sites excluding steroid dienone is 1. The van der Waals surface area contributed by atoms with Crippen LogP contribution in [0.3, 0.4) is 0 Å². The van der Waals surface area contributed by atoms with Crippen LogP contribution < -0.4 is 0 Å². The first-order valence-electron chi connectivity index (χ1n) is 15.6. The van der Waals surface area contributed by atoms with E-state index in [2.05, 4.69) is 0 Å². The molecule has 2 heterocycles. The molecule has 4 aliphatic rings. The van der Waals surface area contributed by atoms with Gasteiger partial charge < -0.3 is 28.4 Å². The fraction of sp³-hybridized carbons (Fsp3) is 0.727. The third kappa shape index (κ3) is 6.22. The molecule has 11 nitrogen and oxygen atoms in total. The van der Waals surface area contributed by atoms with Crippen LogP contribution in [-0.2, 0) is 52.4 Å². The van der Waals surface area contributed by atoms with Crippen molar-refractivity contribution >= 4 is 29.7 Å². The zero-order valence-electron chi connectivity index (χ0n) is 27.2. The minimum Gasteiger partial charge on any atom is -0.458 e. The largest absolute Gasteiger partial charge is 0.458 e. The minimum absolute atomic E-state index is 0.116. The van der Waals surface area contributed by atoms with E-state index in [9.17, 15) is 24.0 Å². The summed E-state index contributed by atoms with van der Waals surface area (Å²) in [6.07, 6.45) is 0.0163. The Morgan fingerprint density at radius 2 is 1.50 bits per heavy atom. The molecule has 2 saturated heterocycles. The van der Waals surface area contributed by atoms with Gasteiger partial charge in [-0.05, 0) is 51.7 Å². The molecule has 0 aromatic rings. The molecule has 1 spiro atoms. The average Bonchev–Trinajstić information content (AvgIpc) is 3.89. The summed E-state index contributed by atoms with van der Waals surface area (Å²) in [5, 5.41) is 0. The van der Waals surface area contributed by atoms with E-state index in [1.807, 2.05) is 20.8 Å². The van der Waals surface area contributed by atoms with Crippen molar-refractivity contribution in [3.63, 3.8) is 0 Å². The van der Waals surface area contributed by atoms with Crippen molar-refractivity contribution in [2.45, 2.75) is 111 Å². The Labute approximate surface area is 259 Å². The lowest BCUT2D eigenvalue weighted by Gasteiger charge is -2.49. The van der Waals surface area contributed by atoms with Crippen LogP contribution in [0.1, 0.15) is 75.2 Å². The van der Waals surface area contributed by atoms with Crippen molar-refractivity contribution in [3.8, 4) is 0 Å². The Hall–Kier alpha value is -3.05. The fourth-order valence-electron chi connectivity index (χ4n) is 6.58. The highest BCUT2D eigenvalue weighted by molar-refractivity contribution is 6.03. The monoisotopic (exact) mass is 618 g/mol. The van der Waals surface area contributed by atoms with Crippen molar-refractivity contribution < 1.29 is 52.4 Å². The number of Topliss-reactive ketones (excluding diaryl/α,β-unsaturated/α-hetero) is 1. The molecule has 4 rings (SSSR count). The number of epoxide rings is 2. The third-order valence-electron chi connectivity index (χ3n) is 9.89. The Bertz CT molecular complexity index is 1240. The van der Waals surface area contributed by atoms with Gasteiger partial charge in [-0.25, -0.2) is 4.79 Å². The third-order valence-corrected chi connectivity index (χ3v) is 9.89. The van der Waals surface area contributed by atoms with Gasteiger partial charge in [-0.15, -0.1) is 0 Å². The van der Waals surface area contributed by atoms with Gasteiger partial charge in [0.15, 0.2) is 18.0 Å². The van der Waals surface area contributed by atoms with Gasteiger partial charge in [-0.3, -0.25) is 19.2 Å². The number of hydrogen-bond acceptors (Lipinski definition) is 11. The van der Waals surface area contributed by atoms with Crippen molar-refractivity contribution in [1.29, 1.82) is 0 Å². The molecule has 0 aromatic carbocycles. The summed E-state index contributed by atoms with van der Waals surface area (Å²) < 4.78 is 35.5. The lowest BCUT2D eigenvalue weighted by Crippen LogP contribution is -2.64. The van der Waals surface area contributed by atoms with Crippen molar-refractivity contribution in [3.05, 3.63) is 23.3 Å². The summed E-state index contributed by atoms with van der Waals surface area (Å²) in [6.45, 7) is 15.8. The standard InChI is InChI=1S/C33H46O11/c1-10-16(4)30(37)43-27-25-23(21(12-3)26(27)36)24(32(9)14-39-32)28(42-22(35)13-18(6)19(7)41-20(8)34)29(33(25)15-40-33)44-31(38)17(5)11-2/h12-13,16-17,19,23-25,27-29H,10-11,14-15H2,1-9H3/b18-13+,21-12-/t16-,17-,19+,23+,24+,25+,27+,28-,29-,32-,33+/m1/s1. The minimum atomic E-state index is -1.23. The molecule has 0 unspecified atom stereocenters. The van der Waals surface area contributed by atoms with Gasteiger partial charge in [-0.2, -0.15) is 0 Å². The van der Waals surface area contributed by atoms with E-state index in [4.69, 9.17) is 28.4 Å². The Morgan fingerprint density at radius 1 is 0.932 bits per heavy atom. The van der Waals surface area contributed by atoms with Crippen LogP contribution in [0, 0.1) is 29.6 Å². The van der Waals surface area contributed by atoms with Gasteiger partial charge in [-0.1, -0.05) is 33.8 Å². The summed E-state index contributed by atoms with van der Waals surface area (Å²) in [5.74, 6) is -5.32. The number of rotatable bonds is 11. The van der Waals surface area contributed by atoms with Crippen LogP contribution in [-0.4, -0.2) is 78.5 Å². The van der Waals surface area contributed by atoms with Crippen LogP contribution >= 0.6 is 0 Å². The normalized spacial score (nSPS) is 37.1. The van der Waals surface area contributed by atoms with E-state index < -0.39 is 89.1 Å². The van der Waals surface area contributed by atoms with E-state index in [-0.39, 0.29) is 12.4 Å². The van der Waals surface area contributed by atoms with Crippen LogP contribution in [0.15, 0.2) is 23.3 Å². The molecule has 44 heavy (non-hydrogen) atoms.